The molecule has 1 aromatic rings. The van der Waals surface area contributed by atoms with Crippen LogP contribution in [0.2, 0.25) is 0 Å². The molecule has 1 aromatic carbocycles. The molecule has 0 fully saturated rings. The van der Waals surface area contributed by atoms with Crippen molar-refractivity contribution >= 4 is 5.69 Å². The number of hydrogen-bond donors (Lipinski definition) is 1. The van der Waals surface area contributed by atoms with Crippen molar-refractivity contribution in [3.8, 4) is 0 Å². The zero-order valence-electron chi connectivity index (χ0n) is 12.8. The van der Waals surface area contributed by atoms with Gasteiger partial charge in [-0.05, 0) is 26.8 Å². The zero-order valence-corrected chi connectivity index (χ0v) is 12.8. The van der Waals surface area contributed by atoms with Crippen molar-refractivity contribution in [3.05, 3.63) is 29.8 Å². The van der Waals surface area contributed by atoms with Gasteiger partial charge in [-0.25, -0.2) is 0 Å². The molecule has 0 spiro atoms. The monoisotopic (exact) mass is 281 g/mol. The van der Waals surface area contributed by atoms with Crippen LogP contribution in [0.25, 0.3) is 0 Å². The Morgan fingerprint density at radius 1 is 1.05 bits per heavy atom. The second-order valence-corrected chi connectivity index (χ2v) is 4.62. The minimum absolute atomic E-state index is 0.479. The molecular formula is C16H27NO3. The van der Waals surface area contributed by atoms with Crippen LogP contribution in [0.3, 0.4) is 0 Å². The van der Waals surface area contributed by atoms with E-state index in [2.05, 4.69) is 4.90 Å². The van der Waals surface area contributed by atoms with Crippen molar-refractivity contribution in [2.75, 3.05) is 44.4 Å². The van der Waals surface area contributed by atoms with Crippen molar-refractivity contribution in [1.29, 1.82) is 0 Å². The molecule has 0 unspecified atom stereocenters. The molecule has 0 aliphatic rings. The number of nitrogens with zero attached hydrogens (tertiary/aromatic N) is 1. The molecule has 20 heavy (non-hydrogen) atoms. The van der Waals surface area contributed by atoms with Crippen LogP contribution in [0.15, 0.2) is 24.3 Å². The third-order valence-corrected chi connectivity index (χ3v) is 3.15. The summed E-state index contributed by atoms with van der Waals surface area (Å²) in [6.45, 7) is 10.2. The number of rotatable bonds is 10. The lowest BCUT2D eigenvalue weighted by Gasteiger charge is -2.27. The number of aliphatic hydroxyl groups excluding tert-OH is 1. The maximum atomic E-state index is 9.91. The molecule has 4 heteroatoms. The summed E-state index contributed by atoms with van der Waals surface area (Å²) in [5, 5.41) is 9.91. The van der Waals surface area contributed by atoms with Gasteiger partial charge in [0.05, 0.1) is 19.3 Å². The summed E-state index contributed by atoms with van der Waals surface area (Å²) in [5.41, 5.74) is 2.00. The second-order valence-electron chi connectivity index (χ2n) is 4.62. The van der Waals surface area contributed by atoms with Gasteiger partial charge in [-0.2, -0.15) is 0 Å². The minimum Gasteiger partial charge on any atom is -0.389 e. The Labute approximate surface area is 122 Å². The van der Waals surface area contributed by atoms with E-state index in [-0.39, 0.29) is 0 Å². The molecule has 0 radical (unpaired) electrons. The van der Waals surface area contributed by atoms with Crippen LogP contribution in [0.1, 0.15) is 32.4 Å². The highest BCUT2D eigenvalue weighted by atomic mass is 16.5. The van der Waals surface area contributed by atoms with E-state index >= 15 is 0 Å². The number of aliphatic hydroxyl groups is 1. The van der Waals surface area contributed by atoms with Gasteiger partial charge in [-0.3, -0.25) is 0 Å². The van der Waals surface area contributed by atoms with Crippen molar-refractivity contribution in [3.63, 3.8) is 0 Å². The topological polar surface area (TPSA) is 41.9 Å². The molecular weight excluding hydrogens is 254 g/mol. The van der Waals surface area contributed by atoms with Crippen molar-refractivity contribution in [1.82, 2.24) is 0 Å². The Balaban J connectivity index is 2.79. The first-order valence-electron chi connectivity index (χ1n) is 7.38. The van der Waals surface area contributed by atoms with Crippen LogP contribution < -0.4 is 4.90 Å². The minimum atomic E-state index is -0.479. The largest absolute Gasteiger partial charge is 0.389 e. The van der Waals surface area contributed by atoms with Crippen molar-refractivity contribution < 1.29 is 14.6 Å². The number of anilines is 1. The molecule has 4 nitrogen and oxygen atoms in total. The first kappa shape index (κ1) is 17.0. The zero-order chi connectivity index (χ0) is 14.8. The van der Waals surface area contributed by atoms with E-state index in [9.17, 15) is 5.11 Å². The molecule has 114 valence electrons. The average molecular weight is 281 g/mol. The third-order valence-electron chi connectivity index (χ3n) is 3.15. The van der Waals surface area contributed by atoms with Crippen LogP contribution in [0.5, 0.6) is 0 Å². The molecule has 0 amide bonds. The Kier molecular flexibility index (Phi) is 8.26. The highest BCUT2D eigenvalue weighted by molar-refractivity contribution is 5.54. The summed E-state index contributed by atoms with van der Waals surface area (Å²) in [6, 6.07) is 7.96. The van der Waals surface area contributed by atoms with Gasteiger partial charge >= 0.3 is 0 Å². The van der Waals surface area contributed by atoms with Gasteiger partial charge in [0.25, 0.3) is 0 Å². The summed E-state index contributed by atoms with van der Waals surface area (Å²) >= 11 is 0. The highest BCUT2D eigenvalue weighted by Gasteiger charge is 2.13. The van der Waals surface area contributed by atoms with E-state index in [0.29, 0.717) is 13.2 Å². The fourth-order valence-electron chi connectivity index (χ4n) is 2.12. The number of ether oxygens (including phenoxy) is 2. The van der Waals surface area contributed by atoms with E-state index < -0.39 is 6.10 Å². The van der Waals surface area contributed by atoms with Gasteiger partial charge in [-0.1, -0.05) is 18.2 Å². The molecule has 0 aliphatic carbocycles. The summed E-state index contributed by atoms with van der Waals surface area (Å²) in [6.07, 6.45) is -0.479. The molecule has 1 atom stereocenters. The molecule has 0 saturated carbocycles. The molecule has 0 heterocycles. The van der Waals surface area contributed by atoms with Gasteiger partial charge < -0.3 is 19.5 Å². The molecule has 0 aliphatic heterocycles. The van der Waals surface area contributed by atoms with E-state index in [1.54, 1.807) is 6.92 Å². The molecule has 1 rings (SSSR count). The van der Waals surface area contributed by atoms with Gasteiger partial charge in [0.15, 0.2) is 0 Å². The second kappa shape index (κ2) is 9.75. The summed E-state index contributed by atoms with van der Waals surface area (Å²) < 4.78 is 10.9. The normalized spacial score (nSPS) is 12.4. The maximum absolute atomic E-state index is 9.91. The molecule has 0 bridgehead atoms. The first-order valence-corrected chi connectivity index (χ1v) is 7.38. The third kappa shape index (κ3) is 5.49. The Morgan fingerprint density at radius 2 is 1.60 bits per heavy atom. The van der Waals surface area contributed by atoms with Gasteiger partial charge in [0, 0.05) is 37.6 Å². The van der Waals surface area contributed by atoms with E-state index in [4.69, 9.17) is 9.47 Å². The summed E-state index contributed by atoms with van der Waals surface area (Å²) in [7, 11) is 0. The van der Waals surface area contributed by atoms with Crippen LogP contribution in [0.4, 0.5) is 5.69 Å². The van der Waals surface area contributed by atoms with Crippen LogP contribution in [-0.4, -0.2) is 44.6 Å². The van der Waals surface area contributed by atoms with E-state index in [1.807, 2.05) is 38.1 Å². The predicted octanol–water partition coefficient (Wildman–Crippen LogP) is 2.62. The Hall–Kier alpha value is -1.10. The lowest BCUT2D eigenvalue weighted by atomic mass is 10.1. The van der Waals surface area contributed by atoms with E-state index in [0.717, 1.165) is 37.6 Å². The smallest absolute Gasteiger partial charge is 0.0781 e. The van der Waals surface area contributed by atoms with E-state index in [1.165, 1.54) is 0 Å². The summed E-state index contributed by atoms with van der Waals surface area (Å²) in [4.78, 5) is 2.22. The number of hydrogen-bond acceptors (Lipinski definition) is 4. The molecule has 0 saturated heterocycles. The van der Waals surface area contributed by atoms with Crippen molar-refractivity contribution in [2.24, 2.45) is 0 Å². The number of benzene rings is 1. The van der Waals surface area contributed by atoms with Gasteiger partial charge in [-0.15, -0.1) is 0 Å². The van der Waals surface area contributed by atoms with Crippen molar-refractivity contribution in [2.45, 2.75) is 26.9 Å². The van der Waals surface area contributed by atoms with Gasteiger partial charge in [0.1, 0.15) is 0 Å². The maximum Gasteiger partial charge on any atom is 0.0781 e. The Bertz CT molecular complexity index is 358. The van der Waals surface area contributed by atoms with Crippen LogP contribution >= 0.6 is 0 Å². The lowest BCUT2D eigenvalue weighted by Crippen LogP contribution is -2.32. The first-order chi connectivity index (χ1) is 9.70. The quantitative estimate of drug-likeness (QED) is 0.669. The Morgan fingerprint density at radius 3 is 2.10 bits per heavy atom. The van der Waals surface area contributed by atoms with Crippen LogP contribution in [-0.2, 0) is 9.47 Å². The van der Waals surface area contributed by atoms with Crippen LogP contribution in [0, 0.1) is 0 Å². The SMILES string of the molecule is CCOCCN(CCOCC)c1ccccc1[C@H](C)O. The molecule has 1 N–H and O–H groups in total. The molecule has 0 aromatic heterocycles. The fraction of sp³-hybridized carbons (Fsp3) is 0.625. The summed E-state index contributed by atoms with van der Waals surface area (Å²) in [5.74, 6) is 0. The number of para-hydroxylation sites is 1. The van der Waals surface area contributed by atoms with Gasteiger partial charge in [0.2, 0.25) is 0 Å². The lowest BCUT2D eigenvalue weighted by molar-refractivity contribution is 0.141. The fourth-order valence-corrected chi connectivity index (χ4v) is 2.12. The standard InChI is InChI=1S/C16H27NO3/c1-4-19-12-10-17(11-13-20-5-2)16-9-7-6-8-15(16)14(3)18/h6-9,14,18H,4-5,10-13H2,1-3H3/t14-/m0/s1. The average Bonchev–Trinajstić information content (AvgIpc) is 2.46. The highest BCUT2D eigenvalue weighted by Crippen LogP contribution is 2.25. The predicted molar refractivity (Wildman–Crippen MR) is 82.3 cm³/mol.